The van der Waals surface area contributed by atoms with E-state index in [1.807, 2.05) is 13.8 Å². The van der Waals surface area contributed by atoms with E-state index in [1.165, 1.54) is 7.11 Å². The molecule has 1 heterocycles. The molecule has 2 aromatic rings. The standard InChI is InChI=1S/C20H25N3O4/c1-6-23(7-2)19(25)14-8-10-15(11-9-14)22-18(24)17-12(3)16(13(4)21-17)20(26)27-5/h8-11,21H,6-7H2,1-5H3,(H,22,24). The van der Waals surface area contributed by atoms with Gasteiger partial charge in [-0.3, -0.25) is 9.59 Å². The number of aromatic nitrogens is 1. The summed E-state index contributed by atoms with van der Waals surface area (Å²) in [5.74, 6) is -0.899. The minimum absolute atomic E-state index is 0.0450. The van der Waals surface area contributed by atoms with Gasteiger partial charge in [-0.15, -0.1) is 0 Å². The summed E-state index contributed by atoms with van der Waals surface area (Å²) < 4.78 is 4.76. The number of anilines is 1. The lowest BCUT2D eigenvalue weighted by atomic mass is 10.1. The number of aryl methyl sites for hydroxylation is 1. The van der Waals surface area contributed by atoms with E-state index in [9.17, 15) is 14.4 Å². The minimum Gasteiger partial charge on any atom is -0.465 e. The third-order valence-corrected chi connectivity index (χ3v) is 4.49. The molecule has 2 N–H and O–H groups in total. The summed E-state index contributed by atoms with van der Waals surface area (Å²) in [5.41, 5.74) is 2.90. The number of amides is 2. The average Bonchev–Trinajstić information content (AvgIpc) is 2.97. The van der Waals surface area contributed by atoms with Crippen LogP contribution in [0.4, 0.5) is 5.69 Å². The van der Waals surface area contributed by atoms with Crippen molar-refractivity contribution in [2.75, 3.05) is 25.5 Å². The molecule has 0 unspecified atom stereocenters. The zero-order chi connectivity index (χ0) is 20.1. The molecule has 1 aromatic heterocycles. The quantitative estimate of drug-likeness (QED) is 0.763. The van der Waals surface area contributed by atoms with Gasteiger partial charge in [-0.05, 0) is 57.5 Å². The van der Waals surface area contributed by atoms with Crippen LogP contribution in [0.15, 0.2) is 24.3 Å². The van der Waals surface area contributed by atoms with Crippen molar-refractivity contribution in [3.63, 3.8) is 0 Å². The van der Waals surface area contributed by atoms with Gasteiger partial charge in [0.15, 0.2) is 0 Å². The Labute approximate surface area is 158 Å². The average molecular weight is 371 g/mol. The number of H-pyrrole nitrogens is 1. The van der Waals surface area contributed by atoms with E-state index in [4.69, 9.17) is 4.74 Å². The molecule has 0 radical (unpaired) electrons. The van der Waals surface area contributed by atoms with Gasteiger partial charge in [-0.1, -0.05) is 0 Å². The monoisotopic (exact) mass is 371 g/mol. The summed E-state index contributed by atoms with van der Waals surface area (Å²) in [7, 11) is 1.30. The van der Waals surface area contributed by atoms with Gasteiger partial charge < -0.3 is 19.9 Å². The van der Waals surface area contributed by atoms with E-state index in [0.29, 0.717) is 46.9 Å². The molecule has 1 aromatic carbocycles. The van der Waals surface area contributed by atoms with Crippen molar-refractivity contribution in [3.05, 3.63) is 52.3 Å². The second kappa shape index (κ2) is 8.53. The Balaban J connectivity index is 2.17. The van der Waals surface area contributed by atoms with E-state index < -0.39 is 5.97 Å². The van der Waals surface area contributed by atoms with Crippen LogP contribution >= 0.6 is 0 Å². The second-order valence-corrected chi connectivity index (χ2v) is 6.13. The normalized spacial score (nSPS) is 10.4. The molecule has 0 bridgehead atoms. The summed E-state index contributed by atoms with van der Waals surface area (Å²) in [5, 5.41) is 2.77. The Morgan fingerprint density at radius 1 is 1.07 bits per heavy atom. The number of hydrogen-bond donors (Lipinski definition) is 2. The van der Waals surface area contributed by atoms with E-state index in [2.05, 4.69) is 10.3 Å². The van der Waals surface area contributed by atoms with Gasteiger partial charge in [0.05, 0.1) is 12.7 Å². The van der Waals surface area contributed by atoms with Crippen molar-refractivity contribution < 1.29 is 19.1 Å². The number of carbonyl (C=O) groups excluding carboxylic acids is 3. The van der Waals surface area contributed by atoms with E-state index in [0.717, 1.165) is 0 Å². The van der Waals surface area contributed by atoms with E-state index in [1.54, 1.807) is 43.0 Å². The summed E-state index contributed by atoms with van der Waals surface area (Å²) in [6.07, 6.45) is 0. The topological polar surface area (TPSA) is 91.5 Å². The fourth-order valence-electron chi connectivity index (χ4n) is 2.97. The Bertz CT molecular complexity index is 849. The van der Waals surface area contributed by atoms with Crippen LogP contribution in [-0.4, -0.2) is 47.9 Å². The fraction of sp³-hybridized carbons (Fsp3) is 0.350. The molecule has 2 amide bonds. The van der Waals surface area contributed by atoms with E-state index >= 15 is 0 Å². The number of aromatic amines is 1. The lowest BCUT2D eigenvalue weighted by molar-refractivity contribution is 0.0599. The first-order valence-electron chi connectivity index (χ1n) is 8.82. The first-order chi connectivity index (χ1) is 12.8. The Kier molecular flexibility index (Phi) is 6.39. The summed E-state index contributed by atoms with van der Waals surface area (Å²) in [6, 6.07) is 6.73. The maximum absolute atomic E-state index is 12.6. The minimum atomic E-state index is -0.487. The number of carbonyl (C=O) groups is 3. The number of esters is 1. The molecule has 0 atom stereocenters. The van der Waals surface area contributed by atoms with Crippen LogP contribution in [0.3, 0.4) is 0 Å². The van der Waals surface area contributed by atoms with E-state index in [-0.39, 0.29) is 11.8 Å². The second-order valence-electron chi connectivity index (χ2n) is 6.13. The fourth-order valence-corrected chi connectivity index (χ4v) is 2.97. The van der Waals surface area contributed by atoms with Gasteiger partial charge in [0, 0.05) is 30.0 Å². The molecule has 0 aliphatic rings. The smallest absolute Gasteiger partial charge is 0.339 e. The lowest BCUT2D eigenvalue weighted by Crippen LogP contribution is -2.30. The van der Waals surface area contributed by atoms with Crippen LogP contribution < -0.4 is 5.32 Å². The summed E-state index contributed by atoms with van der Waals surface area (Å²) in [4.78, 5) is 41.4. The molecular formula is C20H25N3O4. The molecular weight excluding hydrogens is 346 g/mol. The number of ether oxygens (including phenoxy) is 1. The molecule has 7 heteroatoms. The summed E-state index contributed by atoms with van der Waals surface area (Å²) >= 11 is 0. The molecule has 0 fully saturated rings. The highest BCUT2D eigenvalue weighted by atomic mass is 16.5. The predicted molar refractivity (Wildman–Crippen MR) is 103 cm³/mol. The number of rotatable bonds is 6. The van der Waals surface area contributed by atoms with Crippen molar-refractivity contribution in [1.82, 2.24) is 9.88 Å². The number of nitrogens with one attached hydrogen (secondary N) is 2. The molecule has 7 nitrogen and oxygen atoms in total. The largest absolute Gasteiger partial charge is 0.465 e. The van der Waals surface area contributed by atoms with Gasteiger partial charge in [0.2, 0.25) is 0 Å². The van der Waals surface area contributed by atoms with Gasteiger partial charge in [0.1, 0.15) is 5.69 Å². The number of hydrogen-bond acceptors (Lipinski definition) is 4. The van der Waals surface area contributed by atoms with Crippen molar-refractivity contribution >= 4 is 23.5 Å². The van der Waals surface area contributed by atoms with Crippen LogP contribution in [0.2, 0.25) is 0 Å². The maximum atomic E-state index is 12.6. The number of methoxy groups -OCH3 is 1. The Morgan fingerprint density at radius 2 is 1.67 bits per heavy atom. The van der Waals surface area contributed by atoms with Crippen LogP contribution in [0, 0.1) is 13.8 Å². The lowest BCUT2D eigenvalue weighted by Gasteiger charge is -2.18. The SMILES string of the molecule is CCN(CC)C(=O)c1ccc(NC(=O)c2[nH]c(C)c(C(=O)OC)c2C)cc1. The highest BCUT2D eigenvalue weighted by Crippen LogP contribution is 2.20. The van der Waals surface area contributed by atoms with Crippen molar-refractivity contribution in [2.24, 2.45) is 0 Å². The van der Waals surface area contributed by atoms with Crippen LogP contribution in [0.5, 0.6) is 0 Å². The third kappa shape index (κ3) is 4.19. The van der Waals surface area contributed by atoms with Crippen molar-refractivity contribution in [2.45, 2.75) is 27.7 Å². The Hall–Kier alpha value is -3.09. The highest BCUT2D eigenvalue weighted by molar-refractivity contribution is 6.07. The molecule has 0 spiro atoms. The molecule has 0 saturated heterocycles. The zero-order valence-corrected chi connectivity index (χ0v) is 16.3. The molecule has 27 heavy (non-hydrogen) atoms. The number of nitrogens with zero attached hydrogens (tertiary/aromatic N) is 1. The summed E-state index contributed by atoms with van der Waals surface area (Å²) in [6.45, 7) is 8.54. The molecule has 0 aliphatic heterocycles. The van der Waals surface area contributed by atoms with Crippen LogP contribution in [0.1, 0.15) is 56.3 Å². The van der Waals surface area contributed by atoms with Crippen LogP contribution in [-0.2, 0) is 4.74 Å². The zero-order valence-electron chi connectivity index (χ0n) is 16.3. The first kappa shape index (κ1) is 20.2. The maximum Gasteiger partial charge on any atom is 0.339 e. The predicted octanol–water partition coefficient (Wildman–Crippen LogP) is 3.15. The third-order valence-electron chi connectivity index (χ3n) is 4.49. The molecule has 2 rings (SSSR count). The number of benzene rings is 1. The molecule has 0 saturated carbocycles. The highest BCUT2D eigenvalue weighted by Gasteiger charge is 2.22. The first-order valence-corrected chi connectivity index (χ1v) is 8.82. The van der Waals surface area contributed by atoms with Gasteiger partial charge >= 0.3 is 5.97 Å². The Morgan fingerprint density at radius 3 is 2.19 bits per heavy atom. The van der Waals surface area contributed by atoms with Crippen LogP contribution in [0.25, 0.3) is 0 Å². The molecule has 144 valence electrons. The van der Waals surface area contributed by atoms with Crippen molar-refractivity contribution in [1.29, 1.82) is 0 Å². The van der Waals surface area contributed by atoms with Gasteiger partial charge in [0.25, 0.3) is 11.8 Å². The van der Waals surface area contributed by atoms with Gasteiger partial charge in [-0.25, -0.2) is 4.79 Å². The van der Waals surface area contributed by atoms with Crippen molar-refractivity contribution in [3.8, 4) is 0 Å². The van der Waals surface area contributed by atoms with Gasteiger partial charge in [-0.2, -0.15) is 0 Å². The molecule has 0 aliphatic carbocycles.